The Kier molecular flexibility index (Phi) is 3.69. The number of primary amides is 1. The van der Waals surface area contributed by atoms with Crippen molar-refractivity contribution in [2.75, 3.05) is 7.11 Å². The number of halogens is 1. The molecule has 1 aliphatic rings. The van der Waals surface area contributed by atoms with Crippen LogP contribution in [0.3, 0.4) is 0 Å². The van der Waals surface area contributed by atoms with Crippen LogP contribution >= 0.6 is 11.6 Å². The fraction of sp³-hybridized carbons (Fsp3) is 0.333. The highest BCUT2D eigenvalue weighted by Crippen LogP contribution is 2.42. The minimum Gasteiger partial charge on any atom is -0.375 e. The highest BCUT2D eigenvalue weighted by Gasteiger charge is 2.32. The molecule has 1 amide bonds. The fourth-order valence-electron chi connectivity index (χ4n) is 2.99. The Morgan fingerprint density at radius 3 is 3.00 bits per heavy atom. The van der Waals surface area contributed by atoms with Gasteiger partial charge in [-0.15, -0.1) is 0 Å². The minimum atomic E-state index is -0.525. The number of rotatable bonds is 3. The summed E-state index contributed by atoms with van der Waals surface area (Å²) in [5.74, 6) is -0.525. The number of aromatic nitrogens is 2. The second-order valence-electron chi connectivity index (χ2n) is 5.05. The Morgan fingerprint density at radius 2 is 2.38 bits per heavy atom. The van der Waals surface area contributed by atoms with E-state index in [4.69, 9.17) is 22.1 Å². The van der Waals surface area contributed by atoms with Gasteiger partial charge in [0.1, 0.15) is 0 Å². The van der Waals surface area contributed by atoms with Crippen LogP contribution in [0.1, 0.15) is 35.0 Å². The molecule has 0 fully saturated rings. The van der Waals surface area contributed by atoms with Crippen molar-refractivity contribution >= 4 is 17.5 Å². The highest BCUT2D eigenvalue weighted by molar-refractivity contribution is 6.36. The maximum absolute atomic E-state index is 11.9. The summed E-state index contributed by atoms with van der Waals surface area (Å²) in [6.07, 6.45) is 5.08. The molecule has 0 aliphatic carbocycles. The average Bonchev–Trinajstić information content (AvgIpc) is 2.80. The van der Waals surface area contributed by atoms with E-state index in [1.165, 1.54) is 0 Å². The zero-order valence-electron chi connectivity index (χ0n) is 11.7. The molecular formula is C15H16ClN3O2. The van der Waals surface area contributed by atoms with E-state index < -0.39 is 5.91 Å². The second-order valence-corrected chi connectivity index (χ2v) is 5.42. The molecule has 3 rings (SSSR count). The van der Waals surface area contributed by atoms with E-state index in [9.17, 15) is 4.79 Å². The molecule has 1 unspecified atom stereocenters. The summed E-state index contributed by atoms with van der Waals surface area (Å²) in [5, 5.41) is 0.384. The summed E-state index contributed by atoms with van der Waals surface area (Å²) in [7, 11) is 1.63. The van der Waals surface area contributed by atoms with Gasteiger partial charge in [-0.25, -0.2) is 0 Å². The third-order valence-electron chi connectivity index (χ3n) is 3.86. The molecule has 3 heterocycles. The number of carbonyl (C=O) groups excluding carboxylic acids is 1. The van der Waals surface area contributed by atoms with Crippen LogP contribution in [0.5, 0.6) is 0 Å². The lowest BCUT2D eigenvalue weighted by molar-refractivity contribution is 0.0740. The first kappa shape index (κ1) is 14.1. The van der Waals surface area contributed by atoms with Gasteiger partial charge in [0.05, 0.1) is 28.1 Å². The van der Waals surface area contributed by atoms with E-state index in [1.807, 2.05) is 16.7 Å². The van der Waals surface area contributed by atoms with Gasteiger partial charge in [-0.2, -0.15) is 0 Å². The molecule has 2 aromatic rings. The molecule has 0 aromatic carbocycles. The monoisotopic (exact) mass is 305 g/mol. The van der Waals surface area contributed by atoms with Crippen molar-refractivity contribution in [1.29, 1.82) is 0 Å². The quantitative estimate of drug-likeness (QED) is 0.948. The van der Waals surface area contributed by atoms with Gasteiger partial charge in [0, 0.05) is 31.6 Å². The molecule has 110 valence electrons. The molecule has 21 heavy (non-hydrogen) atoms. The summed E-state index contributed by atoms with van der Waals surface area (Å²) in [6, 6.07) is 3.76. The number of fused-ring (bicyclic) bond motifs is 1. The maximum atomic E-state index is 11.9. The van der Waals surface area contributed by atoms with Crippen LogP contribution in [-0.2, 0) is 11.3 Å². The predicted molar refractivity (Wildman–Crippen MR) is 80.2 cm³/mol. The zero-order chi connectivity index (χ0) is 15.0. The smallest absolute Gasteiger partial charge is 0.252 e. The van der Waals surface area contributed by atoms with E-state index in [0.717, 1.165) is 36.3 Å². The lowest BCUT2D eigenvalue weighted by atomic mass is 10.0. The normalized spacial score (nSPS) is 17.5. The van der Waals surface area contributed by atoms with Gasteiger partial charge in [0.15, 0.2) is 0 Å². The second kappa shape index (κ2) is 5.50. The molecule has 0 bridgehead atoms. The van der Waals surface area contributed by atoms with E-state index in [1.54, 1.807) is 19.5 Å². The first-order valence-electron chi connectivity index (χ1n) is 6.80. The van der Waals surface area contributed by atoms with Gasteiger partial charge < -0.3 is 15.0 Å². The van der Waals surface area contributed by atoms with Crippen molar-refractivity contribution in [2.45, 2.75) is 25.5 Å². The van der Waals surface area contributed by atoms with Crippen molar-refractivity contribution in [1.82, 2.24) is 9.55 Å². The molecule has 6 heteroatoms. The number of hydrogen-bond donors (Lipinski definition) is 1. The number of nitrogens with two attached hydrogens (primary N) is 1. The fourth-order valence-corrected chi connectivity index (χ4v) is 3.39. The lowest BCUT2D eigenvalue weighted by Gasteiger charge is -2.25. The van der Waals surface area contributed by atoms with Gasteiger partial charge in [-0.05, 0) is 25.0 Å². The van der Waals surface area contributed by atoms with Crippen LogP contribution < -0.4 is 5.73 Å². The van der Waals surface area contributed by atoms with Crippen molar-refractivity contribution in [3.63, 3.8) is 0 Å². The summed E-state index contributed by atoms with van der Waals surface area (Å²) in [4.78, 5) is 16.0. The molecule has 2 N–H and O–H groups in total. The average molecular weight is 306 g/mol. The third kappa shape index (κ3) is 2.22. The number of nitrogens with zero attached hydrogens (tertiary/aromatic N) is 2. The number of amides is 1. The standard InChI is InChI=1S/C15H16ClN3O2/c1-21-10-5-3-7-19-13(9-4-2-6-18-8-9)12(16)11(14(10)19)15(17)20/h2,4,6,8,10H,3,5,7H2,1H3,(H2,17,20). The third-order valence-corrected chi connectivity index (χ3v) is 4.23. The lowest BCUT2D eigenvalue weighted by Crippen LogP contribution is -2.22. The number of carbonyl (C=O) groups is 1. The minimum absolute atomic E-state index is 0.163. The van der Waals surface area contributed by atoms with Crippen LogP contribution in [0.25, 0.3) is 11.3 Å². The number of hydrogen-bond acceptors (Lipinski definition) is 3. The van der Waals surface area contributed by atoms with E-state index in [0.29, 0.717) is 10.6 Å². The van der Waals surface area contributed by atoms with Crippen molar-refractivity contribution in [3.8, 4) is 11.3 Å². The first-order valence-corrected chi connectivity index (χ1v) is 7.17. The summed E-state index contributed by atoms with van der Waals surface area (Å²) < 4.78 is 7.55. The first-order chi connectivity index (χ1) is 10.1. The number of pyridine rings is 1. The molecule has 0 saturated heterocycles. The molecular weight excluding hydrogens is 290 g/mol. The van der Waals surface area contributed by atoms with Gasteiger partial charge in [0.25, 0.3) is 5.91 Å². The molecule has 5 nitrogen and oxygen atoms in total. The van der Waals surface area contributed by atoms with E-state index in [-0.39, 0.29) is 6.10 Å². The van der Waals surface area contributed by atoms with Crippen LogP contribution in [0.2, 0.25) is 5.02 Å². The molecule has 1 atom stereocenters. The van der Waals surface area contributed by atoms with Crippen molar-refractivity contribution in [3.05, 3.63) is 40.8 Å². The van der Waals surface area contributed by atoms with Gasteiger partial charge in [0.2, 0.25) is 0 Å². The Balaban J connectivity index is 2.29. The van der Waals surface area contributed by atoms with Crippen LogP contribution in [0.15, 0.2) is 24.5 Å². The predicted octanol–water partition coefficient (Wildman–Crippen LogP) is 2.78. The Hall–Kier alpha value is -1.85. The molecule has 1 aliphatic heterocycles. The molecule has 0 saturated carbocycles. The number of ether oxygens (including phenoxy) is 1. The van der Waals surface area contributed by atoms with Gasteiger partial charge in [-0.3, -0.25) is 9.78 Å². The summed E-state index contributed by atoms with van der Waals surface area (Å²) >= 11 is 6.47. The van der Waals surface area contributed by atoms with Gasteiger partial charge >= 0.3 is 0 Å². The molecule has 2 aromatic heterocycles. The highest BCUT2D eigenvalue weighted by atomic mass is 35.5. The van der Waals surface area contributed by atoms with Crippen molar-refractivity contribution < 1.29 is 9.53 Å². The van der Waals surface area contributed by atoms with Crippen LogP contribution in [0.4, 0.5) is 0 Å². The van der Waals surface area contributed by atoms with Crippen LogP contribution in [0, 0.1) is 0 Å². The molecule has 0 spiro atoms. The largest absolute Gasteiger partial charge is 0.375 e. The SMILES string of the molecule is COC1CCCn2c(-c3cccnc3)c(Cl)c(C(N)=O)c21. The zero-order valence-corrected chi connectivity index (χ0v) is 12.4. The summed E-state index contributed by atoms with van der Waals surface area (Å²) in [5.41, 5.74) is 8.34. The summed E-state index contributed by atoms with van der Waals surface area (Å²) in [6.45, 7) is 0.784. The number of methoxy groups -OCH3 is 1. The van der Waals surface area contributed by atoms with Crippen molar-refractivity contribution in [2.24, 2.45) is 5.73 Å². The van der Waals surface area contributed by atoms with Crippen LogP contribution in [-0.4, -0.2) is 22.6 Å². The maximum Gasteiger partial charge on any atom is 0.252 e. The Bertz CT molecular complexity index is 682. The van der Waals surface area contributed by atoms with E-state index in [2.05, 4.69) is 4.98 Å². The topological polar surface area (TPSA) is 70.1 Å². The molecule has 0 radical (unpaired) electrons. The Labute approximate surface area is 127 Å². The Morgan fingerprint density at radius 1 is 1.57 bits per heavy atom. The van der Waals surface area contributed by atoms with E-state index >= 15 is 0 Å². The van der Waals surface area contributed by atoms with Gasteiger partial charge in [-0.1, -0.05) is 11.6 Å².